The lowest BCUT2D eigenvalue weighted by molar-refractivity contribution is -0.113. The van der Waals surface area contributed by atoms with Crippen molar-refractivity contribution in [2.24, 2.45) is 0 Å². The van der Waals surface area contributed by atoms with Gasteiger partial charge in [-0.05, 0) is 48.2 Å². The van der Waals surface area contributed by atoms with Crippen LogP contribution in [0.5, 0.6) is 5.75 Å². The quantitative estimate of drug-likeness (QED) is 0.494. The second kappa shape index (κ2) is 9.64. The Hall–Kier alpha value is -3.54. The lowest BCUT2D eigenvalue weighted by atomic mass is 10.0. The number of aliphatic hydroxyl groups is 1. The van der Waals surface area contributed by atoms with Crippen LogP contribution in [0.15, 0.2) is 58.2 Å². The highest BCUT2D eigenvalue weighted by Crippen LogP contribution is 2.36. The van der Waals surface area contributed by atoms with Crippen LogP contribution in [0.25, 0.3) is 10.9 Å². The summed E-state index contributed by atoms with van der Waals surface area (Å²) in [5.41, 5.74) is 0.799. The summed E-state index contributed by atoms with van der Waals surface area (Å²) in [5.74, 6) is 0.962. The Kier molecular flexibility index (Phi) is 6.29. The molecule has 0 bridgehead atoms. The summed E-state index contributed by atoms with van der Waals surface area (Å²) >= 11 is 1.47. The van der Waals surface area contributed by atoms with Gasteiger partial charge >= 0.3 is 6.09 Å². The maximum atomic E-state index is 12.7. The summed E-state index contributed by atoms with van der Waals surface area (Å²) in [7, 11) is 1.58. The maximum Gasteiger partial charge on any atom is 0.414 e. The molecule has 2 atom stereocenters. The van der Waals surface area contributed by atoms with Gasteiger partial charge in [-0.25, -0.2) is 4.79 Å². The van der Waals surface area contributed by atoms with Gasteiger partial charge in [-0.2, -0.15) is 0 Å². The van der Waals surface area contributed by atoms with Gasteiger partial charge in [0, 0.05) is 42.3 Å². The van der Waals surface area contributed by atoms with Crippen molar-refractivity contribution in [3.8, 4) is 5.75 Å². The third-order valence-electron chi connectivity index (χ3n) is 7.31. The molecule has 3 aliphatic heterocycles. The molecule has 2 amide bonds. The number of carbonyl (C=O) groups is 2. The number of aromatic nitrogens is 1. The molecule has 1 aromatic heterocycles. The van der Waals surface area contributed by atoms with E-state index >= 15 is 0 Å². The van der Waals surface area contributed by atoms with Crippen molar-refractivity contribution >= 4 is 46.0 Å². The fraction of sp³-hybridized carbons (Fsp3) is 0.370. The van der Waals surface area contributed by atoms with E-state index in [9.17, 15) is 19.5 Å². The van der Waals surface area contributed by atoms with Crippen LogP contribution in [0, 0.1) is 0 Å². The number of ether oxygens (including phenoxy) is 2. The summed E-state index contributed by atoms with van der Waals surface area (Å²) in [6.45, 7) is 1.98. The van der Waals surface area contributed by atoms with Crippen molar-refractivity contribution < 1.29 is 24.2 Å². The number of rotatable bonds is 6. The van der Waals surface area contributed by atoms with Crippen molar-refractivity contribution in [3.63, 3.8) is 0 Å². The number of β-amino-alcohol motifs (C(OH)–C–C–N with tert-alkyl or cyclic N) is 1. The number of amides is 2. The van der Waals surface area contributed by atoms with E-state index in [1.54, 1.807) is 28.7 Å². The average molecular weight is 537 g/mol. The van der Waals surface area contributed by atoms with Crippen molar-refractivity contribution in [2.45, 2.75) is 29.6 Å². The Morgan fingerprint density at radius 1 is 1.16 bits per heavy atom. The van der Waals surface area contributed by atoms with E-state index in [-0.39, 0.29) is 24.1 Å². The van der Waals surface area contributed by atoms with Gasteiger partial charge in [0.1, 0.15) is 11.9 Å². The zero-order chi connectivity index (χ0) is 26.4. The van der Waals surface area contributed by atoms with E-state index in [2.05, 4.69) is 10.2 Å². The minimum atomic E-state index is -1.10. The highest BCUT2D eigenvalue weighted by molar-refractivity contribution is 8.00. The number of benzene rings is 2. The van der Waals surface area contributed by atoms with Crippen LogP contribution in [-0.2, 0) is 16.1 Å². The molecule has 198 valence electrons. The van der Waals surface area contributed by atoms with E-state index in [0.29, 0.717) is 61.0 Å². The van der Waals surface area contributed by atoms with Crippen LogP contribution in [0.4, 0.5) is 16.2 Å². The maximum absolute atomic E-state index is 12.7. The Morgan fingerprint density at radius 3 is 2.84 bits per heavy atom. The molecule has 2 saturated heterocycles. The summed E-state index contributed by atoms with van der Waals surface area (Å²) in [4.78, 5) is 41.8. The number of hydrogen-bond acceptors (Lipinski definition) is 8. The third-order valence-corrected chi connectivity index (χ3v) is 8.38. The molecule has 0 saturated carbocycles. The number of pyridine rings is 1. The molecule has 4 heterocycles. The Balaban J connectivity index is 1.13. The van der Waals surface area contributed by atoms with Crippen LogP contribution in [-0.4, -0.2) is 77.3 Å². The molecule has 2 fully saturated rings. The summed E-state index contributed by atoms with van der Waals surface area (Å²) in [6, 6.07) is 14.4. The molecule has 0 aliphatic carbocycles. The third kappa shape index (κ3) is 4.72. The molecule has 38 heavy (non-hydrogen) atoms. The van der Waals surface area contributed by atoms with Crippen LogP contribution in [0.3, 0.4) is 0 Å². The average Bonchev–Trinajstić information content (AvgIpc) is 3.46. The molecule has 2 N–H and O–H groups in total. The van der Waals surface area contributed by atoms with E-state index in [4.69, 9.17) is 9.47 Å². The number of anilines is 2. The van der Waals surface area contributed by atoms with Gasteiger partial charge in [0.15, 0.2) is 0 Å². The minimum absolute atomic E-state index is 0.0621. The highest BCUT2D eigenvalue weighted by Gasteiger charge is 2.40. The SMILES string of the molecule is COc1ccc2ccc(=O)n(C[C@]3(O)CCN(C[C@@H]4CN(c5ccc6c(c5)NC(=O)CS6)C(=O)O4)C3)c2c1. The van der Waals surface area contributed by atoms with Crippen molar-refractivity contribution in [2.75, 3.05) is 49.3 Å². The van der Waals surface area contributed by atoms with E-state index in [1.807, 2.05) is 30.3 Å². The van der Waals surface area contributed by atoms with Gasteiger partial charge in [-0.3, -0.25) is 19.4 Å². The molecule has 10 nitrogen and oxygen atoms in total. The monoisotopic (exact) mass is 536 g/mol. The second-order valence-corrected chi connectivity index (χ2v) is 11.0. The first-order valence-electron chi connectivity index (χ1n) is 12.5. The molecule has 0 radical (unpaired) electrons. The number of likely N-dealkylation sites (tertiary alicyclic amines) is 1. The zero-order valence-corrected chi connectivity index (χ0v) is 21.7. The Morgan fingerprint density at radius 2 is 2.00 bits per heavy atom. The van der Waals surface area contributed by atoms with E-state index in [1.165, 1.54) is 17.8 Å². The standard InChI is InChI=1S/C27H28N4O6S/c1-36-19-5-2-17-3-7-25(33)31(22(17)11-19)16-27(35)8-9-29(15-27)12-20-13-30(26(34)37-20)18-4-6-23-21(10-18)28-24(32)14-38-23/h2-7,10-11,20,35H,8-9,12-16H2,1H3,(H,28,32)/t20-,27+/m1/s1. The molecular weight excluding hydrogens is 508 g/mol. The molecule has 3 aliphatic rings. The number of methoxy groups -OCH3 is 1. The van der Waals surface area contributed by atoms with Crippen molar-refractivity contribution in [1.82, 2.24) is 9.47 Å². The number of nitrogens with one attached hydrogen (secondary N) is 1. The number of thioether (sulfide) groups is 1. The van der Waals surface area contributed by atoms with Gasteiger partial charge in [-0.1, -0.05) is 0 Å². The number of carbonyl (C=O) groups excluding carboxylic acids is 2. The first kappa shape index (κ1) is 24.8. The molecule has 2 aromatic carbocycles. The zero-order valence-electron chi connectivity index (χ0n) is 20.9. The first-order valence-corrected chi connectivity index (χ1v) is 13.5. The van der Waals surface area contributed by atoms with Crippen LogP contribution in [0.2, 0.25) is 0 Å². The number of hydrogen-bond donors (Lipinski definition) is 2. The van der Waals surface area contributed by atoms with Gasteiger partial charge in [0.05, 0.1) is 42.8 Å². The van der Waals surface area contributed by atoms with Crippen LogP contribution in [0.1, 0.15) is 6.42 Å². The fourth-order valence-electron chi connectivity index (χ4n) is 5.43. The largest absolute Gasteiger partial charge is 0.497 e. The minimum Gasteiger partial charge on any atom is -0.497 e. The summed E-state index contributed by atoms with van der Waals surface area (Å²) in [6.07, 6.45) is -0.309. The topological polar surface area (TPSA) is 113 Å². The van der Waals surface area contributed by atoms with Crippen LogP contribution >= 0.6 is 11.8 Å². The highest BCUT2D eigenvalue weighted by atomic mass is 32.2. The molecule has 3 aromatic rings. The second-order valence-electron chi connectivity index (χ2n) is 10.0. The summed E-state index contributed by atoms with van der Waals surface area (Å²) < 4.78 is 12.6. The smallest absolute Gasteiger partial charge is 0.414 e. The van der Waals surface area contributed by atoms with Gasteiger partial charge in [0.2, 0.25) is 5.91 Å². The Bertz CT molecular complexity index is 1490. The predicted molar refractivity (Wildman–Crippen MR) is 144 cm³/mol. The predicted octanol–water partition coefficient (Wildman–Crippen LogP) is 2.52. The fourth-order valence-corrected chi connectivity index (χ4v) is 6.22. The summed E-state index contributed by atoms with van der Waals surface area (Å²) in [5, 5.41) is 15.2. The van der Waals surface area contributed by atoms with Crippen LogP contribution < -0.4 is 20.5 Å². The number of fused-ring (bicyclic) bond motifs is 2. The molecule has 0 spiro atoms. The van der Waals surface area contributed by atoms with Gasteiger partial charge < -0.3 is 24.5 Å². The first-order chi connectivity index (χ1) is 18.3. The molecule has 6 rings (SSSR count). The Labute approximate surface area is 223 Å². The number of cyclic esters (lactones) is 1. The normalized spacial score (nSPS) is 23.4. The van der Waals surface area contributed by atoms with Gasteiger partial charge in [-0.15, -0.1) is 11.8 Å². The molecule has 11 heteroatoms. The van der Waals surface area contributed by atoms with E-state index < -0.39 is 11.7 Å². The van der Waals surface area contributed by atoms with Crippen molar-refractivity contribution in [3.05, 3.63) is 58.9 Å². The van der Waals surface area contributed by atoms with E-state index in [0.717, 1.165) is 10.3 Å². The molecular formula is C27H28N4O6S. The van der Waals surface area contributed by atoms with Gasteiger partial charge in [0.25, 0.3) is 5.56 Å². The lowest BCUT2D eigenvalue weighted by Crippen LogP contribution is -2.42. The lowest BCUT2D eigenvalue weighted by Gasteiger charge is -2.26. The number of nitrogens with zero attached hydrogens (tertiary/aromatic N) is 3. The van der Waals surface area contributed by atoms with Crippen molar-refractivity contribution in [1.29, 1.82) is 0 Å². The molecule has 0 unspecified atom stereocenters.